The molecule has 0 aromatic rings. The minimum absolute atomic E-state index is 0. The number of carbonyl (C=O) groups excluding carboxylic acids is 2. The number of amides is 3. The van der Waals surface area contributed by atoms with E-state index >= 15 is 0 Å². The summed E-state index contributed by atoms with van der Waals surface area (Å²) in [5.41, 5.74) is -0.341. The summed E-state index contributed by atoms with van der Waals surface area (Å²) in [7, 11) is 1.77. The predicted octanol–water partition coefficient (Wildman–Crippen LogP) is 3.10. The second-order valence-electron chi connectivity index (χ2n) is 8.73. The Morgan fingerprint density at radius 2 is 1.96 bits per heavy atom. The normalized spacial score (nSPS) is 23.9. The molecule has 1 aliphatic carbocycles. The van der Waals surface area contributed by atoms with Gasteiger partial charge in [-0.2, -0.15) is 0 Å². The Kier molecular flexibility index (Phi) is 9.49. The highest BCUT2D eigenvalue weighted by molar-refractivity contribution is 14.0. The minimum Gasteiger partial charge on any atom is -0.356 e. The van der Waals surface area contributed by atoms with Gasteiger partial charge in [0.05, 0.1) is 0 Å². The fraction of sp³-hybridized carbons (Fsp3) is 0.850. The number of imide groups is 1. The van der Waals surface area contributed by atoms with Crippen LogP contribution in [0, 0.1) is 11.3 Å². The van der Waals surface area contributed by atoms with Crippen LogP contribution in [0.25, 0.3) is 0 Å². The quantitative estimate of drug-likeness (QED) is 0.147. The Morgan fingerprint density at radius 1 is 1.29 bits per heavy atom. The molecule has 3 amide bonds. The first-order valence-electron chi connectivity index (χ1n) is 10.3. The number of aliphatic imine (C=N–C) groups is 1. The van der Waals surface area contributed by atoms with Gasteiger partial charge in [0, 0.05) is 26.7 Å². The van der Waals surface area contributed by atoms with Gasteiger partial charge in [0.15, 0.2) is 5.96 Å². The molecule has 0 aromatic carbocycles. The van der Waals surface area contributed by atoms with E-state index in [-0.39, 0.29) is 35.9 Å². The Morgan fingerprint density at radius 3 is 2.43 bits per heavy atom. The molecule has 0 spiro atoms. The van der Waals surface area contributed by atoms with E-state index in [0.29, 0.717) is 37.3 Å². The van der Waals surface area contributed by atoms with Crippen LogP contribution in [0.4, 0.5) is 4.79 Å². The lowest BCUT2D eigenvalue weighted by Gasteiger charge is -2.43. The largest absolute Gasteiger partial charge is 0.356 e. The third-order valence-electron chi connectivity index (χ3n) is 6.01. The van der Waals surface area contributed by atoms with Crippen LogP contribution in [0.5, 0.6) is 0 Å². The second-order valence-corrected chi connectivity index (χ2v) is 8.73. The first-order valence-corrected chi connectivity index (χ1v) is 10.3. The number of nitrogens with one attached hydrogen (secondary N) is 3. The van der Waals surface area contributed by atoms with Crippen molar-refractivity contribution in [1.82, 2.24) is 20.9 Å². The van der Waals surface area contributed by atoms with Gasteiger partial charge in [-0.3, -0.25) is 14.7 Å². The van der Waals surface area contributed by atoms with Gasteiger partial charge in [0.1, 0.15) is 5.54 Å². The number of nitrogens with zero attached hydrogens (tertiary/aromatic N) is 2. The van der Waals surface area contributed by atoms with Crippen LogP contribution in [0.15, 0.2) is 4.99 Å². The molecule has 2 fully saturated rings. The summed E-state index contributed by atoms with van der Waals surface area (Å²) >= 11 is 0. The molecule has 7 nitrogen and oxygen atoms in total. The molecule has 1 atom stereocenters. The van der Waals surface area contributed by atoms with Gasteiger partial charge in [-0.05, 0) is 50.4 Å². The Balaban J connectivity index is 0.00000392. The van der Waals surface area contributed by atoms with Crippen molar-refractivity contribution in [2.75, 3.05) is 26.7 Å². The van der Waals surface area contributed by atoms with Crippen LogP contribution < -0.4 is 16.0 Å². The average Bonchev–Trinajstić information content (AvgIpc) is 2.81. The molecule has 0 radical (unpaired) electrons. The van der Waals surface area contributed by atoms with Crippen molar-refractivity contribution in [3.8, 4) is 0 Å². The summed E-state index contributed by atoms with van der Waals surface area (Å²) in [6.07, 6.45) is 6.44. The Bertz CT molecular complexity index is 577. The number of urea groups is 1. The standard InChI is InChI=1S/C20H37N5O2.HI/c1-6-19(4)16(26)25(18(27)24-19)12-8-11-22-17(21-5)23-14-20(9-7-10-20)13-15(2)3;/h15H,6-14H2,1-5H3,(H,24,27)(H2,21,22,23);1H. The van der Waals surface area contributed by atoms with Crippen LogP contribution in [-0.4, -0.2) is 55.0 Å². The molecule has 0 aromatic heterocycles. The third kappa shape index (κ3) is 5.97. The highest BCUT2D eigenvalue weighted by atomic mass is 127. The zero-order chi connectivity index (χ0) is 20.1. The molecule has 2 aliphatic rings. The molecule has 1 unspecified atom stereocenters. The van der Waals surface area contributed by atoms with Crippen molar-refractivity contribution >= 4 is 41.9 Å². The van der Waals surface area contributed by atoms with E-state index in [0.717, 1.165) is 12.5 Å². The van der Waals surface area contributed by atoms with Gasteiger partial charge >= 0.3 is 6.03 Å². The van der Waals surface area contributed by atoms with Gasteiger partial charge in [0.25, 0.3) is 5.91 Å². The van der Waals surface area contributed by atoms with Crippen molar-refractivity contribution in [3.05, 3.63) is 0 Å². The van der Waals surface area contributed by atoms with E-state index in [1.807, 2.05) is 6.92 Å². The van der Waals surface area contributed by atoms with Crippen molar-refractivity contribution in [3.63, 3.8) is 0 Å². The Labute approximate surface area is 186 Å². The van der Waals surface area contributed by atoms with E-state index in [1.54, 1.807) is 14.0 Å². The van der Waals surface area contributed by atoms with Crippen LogP contribution in [0.3, 0.4) is 0 Å². The van der Waals surface area contributed by atoms with Crippen molar-refractivity contribution in [1.29, 1.82) is 0 Å². The van der Waals surface area contributed by atoms with E-state index < -0.39 is 5.54 Å². The summed E-state index contributed by atoms with van der Waals surface area (Å²) in [5, 5.41) is 9.55. The molecule has 28 heavy (non-hydrogen) atoms. The maximum atomic E-state index is 12.4. The monoisotopic (exact) mass is 507 g/mol. The molecule has 8 heteroatoms. The summed E-state index contributed by atoms with van der Waals surface area (Å²) in [6.45, 7) is 10.3. The summed E-state index contributed by atoms with van der Waals surface area (Å²) < 4.78 is 0. The predicted molar refractivity (Wildman–Crippen MR) is 124 cm³/mol. The third-order valence-corrected chi connectivity index (χ3v) is 6.01. The van der Waals surface area contributed by atoms with Crippen molar-refractivity contribution < 1.29 is 9.59 Å². The molecule has 0 bridgehead atoms. The van der Waals surface area contributed by atoms with Gasteiger partial charge in [-0.25, -0.2) is 4.79 Å². The van der Waals surface area contributed by atoms with Crippen LogP contribution >= 0.6 is 24.0 Å². The highest BCUT2D eigenvalue weighted by Gasteiger charge is 2.46. The molecule has 1 aliphatic heterocycles. The van der Waals surface area contributed by atoms with E-state index in [2.05, 4.69) is 34.8 Å². The number of hydrogen-bond donors (Lipinski definition) is 3. The average molecular weight is 507 g/mol. The van der Waals surface area contributed by atoms with Crippen LogP contribution in [0.1, 0.15) is 66.2 Å². The first-order chi connectivity index (χ1) is 12.7. The van der Waals surface area contributed by atoms with Gasteiger partial charge < -0.3 is 16.0 Å². The number of hydrogen-bond acceptors (Lipinski definition) is 3. The zero-order valence-electron chi connectivity index (χ0n) is 18.1. The van der Waals surface area contributed by atoms with Crippen LogP contribution in [-0.2, 0) is 4.79 Å². The number of halogens is 1. The first kappa shape index (κ1) is 25.0. The maximum Gasteiger partial charge on any atom is 0.325 e. The second kappa shape index (κ2) is 10.6. The maximum absolute atomic E-state index is 12.4. The molecule has 1 saturated heterocycles. The lowest BCUT2D eigenvalue weighted by atomic mass is 9.64. The summed E-state index contributed by atoms with van der Waals surface area (Å²) in [6, 6.07) is -0.285. The fourth-order valence-corrected chi connectivity index (χ4v) is 4.12. The number of carbonyl (C=O) groups is 2. The number of guanidine groups is 1. The fourth-order valence-electron chi connectivity index (χ4n) is 4.12. The SMILES string of the molecule is CCC1(C)NC(=O)N(CCCNC(=NC)NCC2(CC(C)C)CCC2)C1=O.I. The van der Waals surface area contributed by atoms with E-state index in [1.165, 1.54) is 30.6 Å². The van der Waals surface area contributed by atoms with Gasteiger partial charge in [0.2, 0.25) is 0 Å². The topological polar surface area (TPSA) is 85.8 Å². The molecule has 2 rings (SSSR count). The zero-order valence-corrected chi connectivity index (χ0v) is 20.4. The lowest BCUT2D eigenvalue weighted by molar-refractivity contribution is -0.130. The van der Waals surface area contributed by atoms with E-state index in [9.17, 15) is 9.59 Å². The highest BCUT2D eigenvalue weighted by Crippen LogP contribution is 2.45. The molecule has 1 heterocycles. The molecular weight excluding hydrogens is 469 g/mol. The van der Waals surface area contributed by atoms with Crippen molar-refractivity contribution in [2.24, 2.45) is 16.3 Å². The van der Waals surface area contributed by atoms with Crippen molar-refractivity contribution in [2.45, 2.75) is 71.8 Å². The molecule has 3 N–H and O–H groups in total. The van der Waals surface area contributed by atoms with Gasteiger partial charge in [-0.15, -0.1) is 24.0 Å². The summed E-state index contributed by atoms with van der Waals surface area (Å²) in [5.74, 6) is 1.37. The molecule has 1 saturated carbocycles. The molecule has 162 valence electrons. The lowest BCUT2D eigenvalue weighted by Crippen LogP contribution is -2.47. The molecular formula is C20H38IN5O2. The summed E-state index contributed by atoms with van der Waals surface area (Å²) in [4.78, 5) is 30.0. The Hall–Kier alpha value is -1.06. The van der Waals surface area contributed by atoms with Crippen LogP contribution in [0.2, 0.25) is 0 Å². The number of rotatable bonds is 9. The van der Waals surface area contributed by atoms with Gasteiger partial charge in [-0.1, -0.05) is 27.2 Å². The van der Waals surface area contributed by atoms with E-state index in [4.69, 9.17) is 0 Å². The smallest absolute Gasteiger partial charge is 0.325 e. The minimum atomic E-state index is -0.754.